The molecule has 0 spiro atoms. The van der Waals surface area contributed by atoms with Crippen LogP contribution in [-0.2, 0) is 11.2 Å². The first-order valence-corrected chi connectivity index (χ1v) is 3.99. The molecule has 0 amide bonds. The zero-order valence-corrected chi connectivity index (χ0v) is 6.80. The van der Waals surface area contributed by atoms with E-state index in [9.17, 15) is 9.59 Å². The molecule has 0 bridgehead atoms. The van der Waals surface area contributed by atoms with Crippen molar-refractivity contribution in [2.24, 2.45) is 0 Å². The number of carboxylic acid groups (broad SMARTS) is 1. The Morgan fingerprint density at radius 2 is 2.46 bits per heavy atom. The van der Waals surface area contributed by atoms with Crippen LogP contribution in [0.25, 0.3) is 0 Å². The summed E-state index contributed by atoms with van der Waals surface area (Å²) in [6.07, 6.45) is 2.44. The Kier molecular flexibility index (Phi) is 1.65. The van der Waals surface area contributed by atoms with E-state index < -0.39 is 12.0 Å². The summed E-state index contributed by atoms with van der Waals surface area (Å²) in [5, 5.41) is 8.80. The molecule has 1 aromatic heterocycles. The average Bonchev–Trinajstić information content (AvgIpc) is 2.49. The molecular formula is C8H8N2O3. The molecule has 0 radical (unpaired) electrons. The first-order chi connectivity index (χ1) is 6.20. The number of fused-ring (bicyclic) bond motifs is 1. The van der Waals surface area contributed by atoms with E-state index in [1.165, 1.54) is 16.8 Å². The number of aliphatic carboxylic acids is 1. The lowest BCUT2D eigenvalue weighted by Gasteiger charge is -2.07. The summed E-state index contributed by atoms with van der Waals surface area (Å²) >= 11 is 0. The number of hydrogen-bond acceptors (Lipinski definition) is 3. The fourth-order valence-electron chi connectivity index (χ4n) is 1.60. The van der Waals surface area contributed by atoms with Crippen molar-refractivity contribution in [1.82, 2.24) is 9.55 Å². The Balaban J connectivity index is 2.58. The first kappa shape index (κ1) is 7.97. The van der Waals surface area contributed by atoms with Gasteiger partial charge in [0.25, 0.3) is 5.56 Å². The van der Waals surface area contributed by atoms with Gasteiger partial charge in [-0.05, 0) is 6.42 Å². The molecule has 5 nitrogen and oxygen atoms in total. The Morgan fingerprint density at radius 3 is 3.15 bits per heavy atom. The predicted molar refractivity (Wildman–Crippen MR) is 43.5 cm³/mol. The van der Waals surface area contributed by atoms with E-state index >= 15 is 0 Å². The molecular weight excluding hydrogens is 172 g/mol. The van der Waals surface area contributed by atoms with Crippen LogP contribution in [0.15, 0.2) is 17.1 Å². The van der Waals surface area contributed by atoms with Crippen molar-refractivity contribution in [1.29, 1.82) is 0 Å². The van der Waals surface area contributed by atoms with E-state index in [4.69, 9.17) is 5.11 Å². The predicted octanol–water partition coefficient (Wildman–Crippen LogP) is -0.185. The van der Waals surface area contributed by atoms with Gasteiger partial charge in [0.15, 0.2) is 0 Å². The smallest absolute Gasteiger partial charge is 0.326 e. The van der Waals surface area contributed by atoms with Crippen LogP contribution < -0.4 is 5.56 Å². The minimum absolute atomic E-state index is 0.282. The Bertz CT molecular complexity index is 410. The van der Waals surface area contributed by atoms with Gasteiger partial charge in [0.1, 0.15) is 11.9 Å². The van der Waals surface area contributed by atoms with Gasteiger partial charge in [0.05, 0.1) is 0 Å². The van der Waals surface area contributed by atoms with Crippen LogP contribution >= 0.6 is 0 Å². The van der Waals surface area contributed by atoms with Crippen molar-refractivity contribution >= 4 is 5.97 Å². The lowest BCUT2D eigenvalue weighted by Crippen LogP contribution is -2.27. The third kappa shape index (κ3) is 1.12. The Hall–Kier alpha value is -1.65. The van der Waals surface area contributed by atoms with E-state index in [1.54, 1.807) is 0 Å². The standard InChI is InChI=1S/C8H8N2O3/c11-7-3-4-9-6-2-1-5(8(12)13)10(6)7/h3-5H,1-2H2,(H,12,13)/t5-/m0/s1. The average molecular weight is 180 g/mol. The summed E-state index contributed by atoms with van der Waals surface area (Å²) in [5.41, 5.74) is -0.282. The quantitative estimate of drug-likeness (QED) is 0.650. The minimum Gasteiger partial charge on any atom is -0.480 e. The van der Waals surface area contributed by atoms with E-state index in [0.717, 1.165) is 0 Å². The van der Waals surface area contributed by atoms with Crippen molar-refractivity contribution in [3.8, 4) is 0 Å². The lowest BCUT2D eigenvalue weighted by atomic mass is 10.2. The number of hydrogen-bond donors (Lipinski definition) is 1. The molecule has 0 saturated heterocycles. The second-order valence-electron chi connectivity index (χ2n) is 2.96. The molecule has 0 unspecified atom stereocenters. The summed E-state index contributed by atoms with van der Waals surface area (Å²) in [7, 11) is 0. The number of rotatable bonds is 1. The summed E-state index contributed by atoms with van der Waals surface area (Å²) in [6, 6.07) is 0.557. The van der Waals surface area contributed by atoms with Crippen LogP contribution in [0.1, 0.15) is 18.3 Å². The SMILES string of the molecule is O=C(O)[C@@H]1CCc2nccc(=O)n21. The maximum atomic E-state index is 11.3. The zero-order chi connectivity index (χ0) is 9.42. The number of carboxylic acids is 1. The largest absolute Gasteiger partial charge is 0.480 e. The number of aryl methyl sites for hydroxylation is 1. The Morgan fingerprint density at radius 1 is 1.69 bits per heavy atom. The van der Waals surface area contributed by atoms with Crippen LogP contribution in [0.2, 0.25) is 0 Å². The van der Waals surface area contributed by atoms with E-state index in [0.29, 0.717) is 18.7 Å². The van der Waals surface area contributed by atoms with Crippen LogP contribution in [0.3, 0.4) is 0 Å². The molecule has 1 N–H and O–H groups in total. The second-order valence-corrected chi connectivity index (χ2v) is 2.96. The van der Waals surface area contributed by atoms with Gasteiger partial charge >= 0.3 is 5.97 Å². The van der Waals surface area contributed by atoms with Gasteiger partial charge in [0.2, 0.25) is 0 Å². The minimum atomic E-state index is -0.964. The monoisotopic (exact) mass is 180 g/mol. The van der Waals surface area contributed by atoms with Gasteiger partial charge in [0, 0.05) is 18.7 Å². The Labute approximate surface area is 73.7 Å². The van der Waals surface area contributed by atoms with Crippen LogP contribution in [-0.4, -0.2) is 20.6 Å². The maximum absolute atomic E-state index is 11.3. The number of carbonyl (C=O) groups is 1. The lowest BCUT2D eigenvalue weighted by molar-refractivity contribution is -0.140. The van der Waals surface area contributed by atoms with Crippen LogP contribution in [0.5, 0.6) is 0 Å². The molecule has 2 rings (SSSR count). The topological polar surface area (TPSA) is 72.2 Å². The van der Waals surface area contributed by atoms with Crippen LogP contribution in [0, 0.1) is 0 Å². The van der Waals surface area contributed by atoms with E-state index in [-0.39, 0.29) is 5.56 Å². The van der Waals surface area contributed by atoms with Gasteiger partial charge in [-0.1, -0.05) is 0 Å². The molecule has 13 heavy (non-hydrogen) atoms. The van der Waals surface area contributed by atoms with E-state index in [1.807, 2.05) is 0 Å². The molecule has 1 aromatic rings. The molecule has 1 aliphatic heterocycles. The molecule has 1 aliphatic rings. The van der Waals surface area contributed by atoms with Crippen molar-refractivity contribution in [3.05, 3.63) is 28.4 Å². The molecule has 1 atom stereocenters. The highest BCUT2D eigenvalue weighted by Gasteiger charge is 2.29. The summed E-state index contributed by atoms with van der Waals surface area (Å²) in [5.74, 6) is -0.395. The summed E-state index contributed by atoms with van der Waals surface area (Å²) < 4.78 is 1.25. The highest BCUT2D eigenvalue weighted by Crippen LogP contribution is 2.21. The van der Waals surface area contributed by atoms with Gasteiger partial charge in [-0.3, -0.25) is 9.36 Å². The molecule has 0 fully saturated rings. The highest BCUT2D eigenvalue weighted by molar-refractivity contribution is 5.72. The highest BCUT2D eigenvalue weighted by atomic mass is 16.4. The molecule has 0 aromatic carbocycles. The van der Waals surface area contributed by atoms with Gasteiger partial charge in [-0.2, -0.15) is 0 Å². The number of nitrogens with zero attached hydrogens (tertiary/aromatic N) is 2. The summed E-state index contributed by atoms with van der Waals surface area (Å²) in [4.78, 5) is 26.0. The van der Waals surface area contributed by atoms with Crippen molar-refractivity contribution < 1.29 is 9.90 Å². The zero-order valence-electron chi connectivity index (χ0n) is 6.80. The second kappa shape index (κ2) is 2.69. The van der Waals surface area contributed by atoms with E-state index in [2.05, 4.69) is 4.98 Å². The van der Waals surface area contributed by atoms with Gasteiger partial charge in [-0.25, -0.2) is 9.78 Å². The molecule has 0 saturated carbocycles. The molecule has 68 valence electrons. The third-order valence-corrected chi connectivity index (χ3v) is 2.19. The van der Waals surface area contributed by atoms with Crippen LogP contribution in [0.4, 0.5) is 0 Å². The molecule has 0 aliphatic carbocycles. The van der Waals surface area contributed by atoms with Crippen molar-refractivity contribution in [2.45, 2.75) is 18.9 Å². The van der Waals surface area contributed by atoms with Gasteiger partial charge < -0.3 is 5.11 Å². The van der Waals surface area contributed by atoms with Crippen molar-refractivity contribution in [3.63, 3.8) is 0 Å². The first-order valence-electron chi connectivity index (χ1n) is 3.99. The third-order valence-electron chi connectivity index (χ3n) is 2.19. The number of aromatic nitrogens is 2. The van der Waals surface area contributed by atoms with Gasteiger partial charge in [-0.15, -0.1) is 0 Å². The van der Waals surface area contributed by atoms with Crippen molar-refractivity contribution in [2.75, 3.05) is 0 Å². The maximum Gasteiger partial charge on any atom is 0.326 e. The fourth-order valence-corrected chi connectivity index (χ4v) is 1.60. The normalized spacial score (nSPS) is 19.8. The fraction of sp³-hybridized carbons (Fsp3) is 0.375. The molecule has 2 heterocycles. The summed E-state index contributed by atoms with van der Waals surface area (Å²) in [6.45, 7) is 0. The molecule has 5 heteroatoms.